The lowest BCUT2D eigenvalue weighted by atomic mass is 10.3. The molecule has 0 amide bonds. The second-order valence-electron chi connectivity index (χ2n) is 6.70. The molecule has 0 aromatic rings. The predicted molar refractivity (Wildman–Crippen MR) is 88.9 cm³/mol. The first-order valence-corrected chi connectivity index (χ1v) is 9.80. The van der Waals surface area contributed by atoms with Crippen molar-refractivity contribution in [3.05, 3.63) is 12.3 Å². The smallest absolute Gasteiger partial charge is 0.472 e. The highest BCUT2D eigenvalue weighted by molar-refractivity contribution is 6.61. The zero-order valence-corrected chi connectivity index (χ0v) is 16.2. The van der Waals surface area contributed by atoms with Gasteiger partial charge in [0.2, 0.25) is 0 Å². The molecule has 0 unspecified atom stereocenters. The van der Waals surface area contributed by atoms with E-state index in [1.54, 1.807) is 6.26 Å². The van der Waals surface area contributed by atoms with E-state index < -0.39 is 14.6 Å². The largest absolute Gasteiger partial charge is 0.504 e. The summed E-state index contributed by atoms with van der Waals surface area (Å²) in [7, 11) is -2.83. The molecule has 0 radical (unpaired) electrons. The third-order valence-electron chi connectivity index (χ3n) is 2.38. The summed E-state index contributed by atoms with van der Waals surface area (Å²) in [6, 6.07) is 0.770. The van der Waals surface area contributed by atoms with Crippen LogP contribution in [0.25, 0.3) is 0 Å². The van der Waals surface area contributed by atoms with Crippen LogP contribution in [0.1, 0.15) is 62.3 Å². The standard InChI is InChI=1S/C16H34O4Si/c1-10-11-17-16(8,9)20-21(12-13(2)3,18-14(4)5)19-15(6)7/h10-11,13-15H,12H2,1-9H3. The van der Waals surface area contributed by atoms with Crippen LogP contribution in [0.4, 0.5) is 0 Å². The Morgan fingerprint density at radius 3 is 1.76 bits per heavy atom. The molecule has 21 heavy (non-hydrogen) atoms. The fourth-order valence-electron chi connectivity index (χ4n) is 2.06. The van der Waals surface area contributed by atoms with Gasteiger partial charge in [-0.2, -0.15) is 0 Å². The molecule has 0 aliphatic rings. The summed E-state index contributed by atoms with van der Waals surface area (Å²) in [6.07, 6.45) is 3.57. The van der Waals surface area contributed by atoms with Crippen LogP contribution in [-0.4, -0.2) is 26.8 Å². The van der Waals surface area contributed by atoms with Crippen LogP contribution in [0.15, 0.2) is 12.3 Å². The van der Waals surface area contributed by atoms with E-state index in [0.717, 1.165) is 6.04 Å². The summed E-state index contributed by atoms with van der Waals surface area (Å²) in [6.45, 7) is 18.0. The average Bonchev–Trinajstić information content (AvgIpc) is 2.21. The molecule has 0 aliphatic heterocycles. The molecule has 4 nitrogen and oxygen atoms in total. The van der Waals surface area contributed by atoms with Gasteiger partial charge in [0.15, 0.2) is 5.79 Å². The quantitative estimate of drug-likeness (QED) is 0.331. The lowest BCUT2D eigenvalue weighted by Gasteiger charge is -2.39. The molecule has 0 atom stereocenters. The van der Waals surface area contributed by atoms with Gasteiger partial charge in [0.25, 0.3) is 0 Å². The first kappa shape index (κ1) is 20.6. The number of ether oxygens (including phenoxy) is 1. The zero-order valence-electron chi connectivity index (χ0n) is 15.2. The second kappa shape index (κ2) is 8.93. The molecule has 0 aliphatic carbocycles. The van der Waals surface area contributed by atoms with Crippen molar-refractivity contribution >= 4 is 8.80 Å². The zero-order chi connectivity index (χ0) is 16.7. The Bertz CT molecular complexity index is 285. The van der Waals surface area contributed by atoms with Gasteiger partial charge in [0, 0.05) is 32.1 Å². The minimum atomic E-state index is -2.83. The Labute approximate surface area is 132 Å². The van der Waals surface area contributed by atoms with E-state index in [2.05, 4.69) is 13.8 Å². The van der Waals surface area contributed by atoms with Crippen molar-refractivity contribution < 1.29 is 18.0 Å². The molecule has 0 spiro atoms. The number of hydrogen-bond donors (Lipinski definition) is 0. The second-order valence-corrected chi connectivity index (χ2v) is 9.15. The van der Waals surface area contributed by atoms with Gasteiger partial charge in [-0.05, 0) is 40.5 Å². The number of allylic oxidation sites excluding steroid dienone is 1. The summed E-state index contributed by atoms with van der Waals surface area (Å²) >= 11 is 0. The van der Waals surface area contributed by atoms with Crippen molar-refractivity contribution in [2.45, 2.75) is 86.4 Å². The number of rotatable bonds is 10. The molecule has 0 saturated heterocycles. The summed E-state index contributed by atoms with van der Waals surface area (Å²) < 4.78 is 24.3. The van der Waals surface area contributed by atoms with Crippen LogP contribution in [0.3, 0.4) is 0 Å². The number of hydrogen-bond acceptors (Lipinski definition) is 4. The molecule has 0 aromatic carbocycles. The SMILES string of the molecule is CC=COC(C)(C)O[Si](CC(C)C)(OC(C)C)OC(C)C. The van der Waals surface area contributed by atoms with Gasteiger partial charge in [0.1, 0.15) is 0 Å². The highest BCUT2D eigenvalue weighted by Gasteiger charge is 2.48. The van der Waals surface area contributed by atoms with Crippen molar-refractivity contribution in [2.24, 2.45) is 5.92 Å². The van der Waals surface area contributed by atoms with Crippen LogP contribution in [-0.2, 0) is 18.0 Å². The van der Waals surface area contributed by atoms with Gasteiger partial charge in [-0.25, -0.2) is 0 Å². The minimum Gasteiger partial charge on any atom is -0.472 e. The van der Waals surface area contributed by atoms with Crippen molar-refractivity contribution in [1.29, 1.82) is 0 Å². The van der Waals surface area contributed by atoms with Crippen LogP contribution in [0, 0.1) is 5.92 Å². The molecule has 0 bridgehead atoms. The van der Waals surface area contributed by atoms with E-state index in [1.807, 2.05) is 54.5 Å². The Balaban J connectivity index is 5.30. The van der Waals surface area contributed by atoms with E-state index in [9.17, 15) is 0 Å². The maximum absolute atomic E-state index is 6.28. The third kappa shape index (κ3) is 9.29. The summed E-state index contributed by atoms with van der Waals surface area (Å²) in [4.78, 5) is 0. The molecule has 0 N–H and O–H groups in total. The fourth-order valence-corrected chi connectivity index (χ4v) is 5.72. The Morgan fingerprint density at radius 1 is 0.952 bits per heavy atom. The lowest BCUT2D eigenvalue weighted by molar-refractivity contribution is -0.160. The first-order valence-electron chi connectivity index (χ1n) is 7.86. The minimum absolute atomic E-state index is 0.0479. The van der Waals surface area contributed by atoms with Crippen molar-refractivity contribution in [3.8, 4) is 0 Å². The normalized spacial score (nSPS) is 13.9. The van der Waals surface area contributed by atoms with E-state index in [-0.39, 0.29) is 12.2 Å². The van der Waals surface area contributed by atoms with E-state index >= 15 is 0 Å². The van der Waals surface area contributed by atoms with E-state index in [4.69, 9.17) is 18.0 Å². The van der Waals surface area contributed by atoms with E-state index in [1.165, 1.54) is 0 Å². The molecule has 0 saturated carbocycles. The Morgan fingerprint density at radius 2 is 1.43 bits per heavy atom. The van der Waals surface area contributed by atoms with Crippen LogP contribution in [0.2, 0.25) is 6.04 Å². The Hall–Kier alpha value is -0.363. The van der Waals surface area contributed by atoms with E-state index in [0.29, 0.717) is 5.92 Å². The van der Waals surface area contributed by atoms with Crippen LogP contribution in [0.5, 0.6) is 0 Å². The molecule has 0 aromatic heterocycles. The molecule has 5 heteroatoms. The van der Waals surface area contributed by atoms with Crippen molar-refractivity contribution in [1.82, 2.24) is 0 Å². The monoisotopic (exact) mass is 318 g/mol. The molecule has 0 fully saturated rings. The van der Waals surface area contributed by atoms with Gasteiger partial charge < -0.3 is 18.0 Å². The van der Waals surface area contributed by atoms with Gasteiger partial charge in [0.05, 0.1) is 6.26 Å². The fraction of sp³-hybridized carbons (Fsp3) is 0.875. The van der Waals surface area contributed by atoms with Gasteiger partial charge in [-0.3, -0.25) is 0 Å². The molecular weight excluding hydrogens is 284 g/mol. The van der Waals surface area contributed by atoms with Crippen molar-refractivity contribution in [3.63, 3.8) is 0 Å². The molecule has 0 rings (SSSR count). The summed E-state index contributed by atoms with van der Waals surface area (Å²) in [5, 5.41) is 0. The topological polar surface area (TPSA) is 36.9 Å². The highest BCUT2D eigenvalue weighted by Crippen LogP contribution is 2.30. The molecule has 0 heterocycles. The lowest BCUT2D eigenvalue weighted by Crippen LogP contribution is -2.54. The highest BCUT2D eigenvalue weighted by atomic mass is 28.4. The molecular formula is C16H34O4Si. The average molecular weight is 319 g/mol. The van der Waals surface area contributed by atoms with Crippen LogP contribution >= 0.6 is 0 Å². The molecule has 126 valence electrons. The van der Waals surface area contributed by atoms with Gasteiger partial charge >= 0.3 is 8.80 Å². The maximum Gasteiger partial charge on any atom is 0.504 e. The Kier molecular flexibility index (Phi) is 8.78. The summed E-state index contributed by atoms with van der Waals surface area (Å²) in [5.41, 5.74) is 0. The van der Waals surface area contributed by atoms with Crippen LogP contribution < -0.4 is 0 Å². The summed E-state index contributed by atoms with van der Waals surface area (Å²) in [5.74, 6) is -0.357. The van der Waals surface area contributed by atoms with Gasteiger partial charge in [-0.15, -0.1) is 0 Å². The maximum atomic E-state index is 6.28. The predicted octanol–water partition coefficient (Wildman–Crippen LogP) is 4.73. The first-order chi connectivity index (χ1) is 9.52. The van der Waals surface area contributed by atoms with Crippen molar-refractivity contribution in [2.75, 3.05) is 0 Å². The van der Waals surface area contributed by atoms with Gasteiger partial charge in [-0.1, -0.05) is 19.9 Å². The third-order valence-corrected chi connectivity index (χ3v) is 6.16.